The van der Waals surface area contributed by atoms with E-state index in [-0.39, 0.29) is 6.03 Å². The summed E-state index contributed by atoms with van der Waals surface area (Å²) in [4.78, 5) is 11.8. The Balaban J connectivity index is 1.72. The molecule has 0 unspecified atom stereocenters. The van der Waals surface area contributed by atoms with E-state index in [1.807, 2.05) is 48.5 Å². The van der Waals surface area contributed by atoms with E-state index in [1.165, 1.54) is 0 Å². The van der Waals surface area contributed by atoms with Gasteiger partial charge in [0.25, 0.3) is 0 Å². The molecule has 0 heterocycles. The molecule has 2 rings (SSSR count). The van der Waals surface area contributed by atoms with Gasteiger partial charge in [0, 0.05) is 17.6 Å². The number of halogens is 1. The fourth-order valence-electron chi connectivity index (χ4n) is 2.07. The van der Waals surface area contributed by atoms with Gasteiger partial charge in [-0.25, -0.2) is 4.79 Å². The first kappa shape index (κ1) is 16.4. The molecule has 2 amide bonds. The van der Waals surface area contributed by atoms with Gasteiger partial charge in [0.1, 0.15) is 5.75 Å². The quantitative estimate of drug-likeness (QED) is 0.826. The fourth-order valence-corrected chi connectivity index (χ4v) is 2.33. The van der Waals surface area contributed by atoms with Crippen LogP contribution in [-0.2, 0) is 13.0 Å². The number of hydrogen-bond acceptors (Lipinski definition) is 2. The molecule has 0 radical (unpaired) electrons. The molecule has 0 aliphatic carbocycles. The zero-order valence-electron chi connectivity index (χ0n) is 12.4. The van der Waals surface area contributed by atoms with Crippen molar-refractivity contribution in [3.05, 3.63) is 64.1 Å². The minimum Gasteiger partial charge on any atom is -0.496 e. The van der Waals surface area contributed by atoms with Crippen molar-refractivity contribution in [3.63, 3.8) is 0 Å². The molecule has 0 aromatic heterocycles. The number of hydrogen-bond donors (Lipinski definition) is 2. The van der Waals surface area contributed by atoms with Crippen LogP contribution in [0.4, 0.5) is 4.79 Å². The Kier molecular flexibility index (Phi) is 6.27. The van der Waals surface area contributed by atoms with Gasteiger partial charge < -0.3 is 15.4 Å². The van der Waals surface area contributed by atoms with Crippen LogP contribution in [0.25, 0.3) is 0 Å². The molecule has 116 valence electrons. The predicted octanol–water partition coefficient (Wildman–Crippen LogP) is 3.50. The zero-order chi connectivity index (χ0) is 15.8. The molecule has 0 saturated carbocycles. The van der Waals surface area contributed by atoms with E-state index < -0.39 is 0 Å². The van der Waals surface area contributed by atoms with E-state index in [9.17, 15) is 4.79 Å². The second-order valence-electron chi connectivity index (χ2n) is 4.80. The van der Waals surface area contributed by atoms with Crippen molar-refractivity contribution in [1.29, 1.82) is 0 Å². The lowest BCUT2D eigenvalue weighted by Crippen LogP contribution is -2.36. The second kappa shape index (κ2) is 8.44. The van der Waals surface area contributed by atoms with Gasteiger partial charge in [0.15, 0.2) is 0 Å². The Morgan fingerprint density at radius 2 is 1.82 bits per heavy atom. The Labute approximate surface area is 139 Å². The molecule has 5 heteroatoms. The van der Waals surface area contributed by atoms with Crippen LogP contribution in [0.15, 0.2) is 53.0 Å². The number of amides is 2. The second-order valence-corrected chi connectivity index (χ2v) is 5.71. The molecule has 22 heavy (non-hydrogen) atoms. The van der Waals surface area contributed by atoms with Crippen LogP contribution < -0.4 is 15.4 Å². The molecule has 4 nitrogen and oxygen atoms in total. The van der Waals surface area contributed by atoms with E-state index in [4.69, 9.17) is 4.74 Å². The van der Waals surface area contributed by atoms with Crippen molar-refractivity contribution in [2.45, 2.75) is 13.0 Å². The van der Waals surface area contributed by atoms with Gasteiger partial charge >= 0.3 is 6.03 Å². The van der Waals surface area contributed by atoms with Gasteiger partial charge in [-0.05, 0) is 35.7 Å². The van der Waals surface area contributed by atoms with Crippen molar-refractivity contribution in [1.82, 2.24) is 10.6 Å². The van der Waals surface area contributed by atoms with Gasteiger partial charge in [0.2, 0.25) is 0 Å². The highest BCUT2D eigenvalue weighted by Gasteiger charge is 2.03. The van der Waals surface area contributed by atoms with Crippen LogP contribution in [0.3, 0.4) is 0 Å². The van der Waals surface area contributed by atoms with Gasteiger partial charge in [-0.1, -0.05) is 46.3 Å². The van der Waals surface area contributed by atoms with Crippen LogP contribution in [0, 0.1) is 0 Å². The topological polar surface area (TPSA) is 50.4 Å². The van der Waals surface area contributed by atoms with E-state index in [0.717, 1.165) is 27.8 Å². The van der Waals surface area contributed by atoms with Crippen molar-refractivity contribution < 1.29 is 9.53 Å². The van der Waals surface area contributed by atoms with E-state index in [2.05, 4.69) is 26.6 Å². The molecule has 0 aliphatic heterocycles. The number of benzene rings is 2. The third-order valence-electron chi connectivity index (χ3n) is 3.24. The van der Waals surface area contributed by atoms with Crippen LogP contribution in [0.2, 0.25) is 0 Å². The summed E-state index contributed by atoms with van der Waals surface area (Å²) in [6.07, 6.45) is 0.732. The van der Waals surface area contributed by atoms with Gasteiger partial charge in [-0.3, -0.25) is 0 Å². The number of nitrogens with one attached hydrogen (secondary N) is 2. The Hall–Kier alpha value is -2.01. The number of para-hydroxylation sites is 1. The molecule has 2 aromatic rings. The van der Waals surface area contributed by atoms with Gasteiger partial charge in [-0.2, -0.15) is 0 Å². The maximum absolute atomic E-state index is 11.8. The Morgan fingerprint density at radius 1 is 1.09 bits per heavy atom. The van der Waals surface area contributed by atoms with E-state index in [1.54, 1.807) is 7.11 Å². The lowest BCUT2D eigenvalue weighted by atomic mass is 10.1. The van der Waals surface area contributed by atoms with Crippen molar-refractivity contribution >= 4 is 22.0 Å². The number of methoxy groups -OCH3 is 1. The number of urea groups is 1. The Morgan fingerprint density at radius 3 is 2.55 bits per heavy atom. The van der Waals surface area contributed by atoms with E-state index >= 15 is 0 Å². The van der Waals surface area contributed by atoms with E-state index in [0.29, 0.717) is 13.1 Å². The molecule has 0 saturated heterocycles. The maximum atomic E-state index is 11.8. The first-order chi connectivity index (χ1) is 10.7. The number of carbonyl (C=O) groups excluding carboxylic acids is 1. The number of rotatable bonds is 6. The maximum Gasteiger partial charge on any atom is 0.315 e. The molecule has 0 spiro atoms. The SMILES string of the molecule is COc1ccccc1CCNC(=O)NCc1ccc(Br)cc1. The highest BCUT2D eigenvalue weighted by Crippen LogP contribution is 2.17. The highest BCUT2D eigenvalue weighted by molar-refractivity contribution is 9.10. The lowest BCUT2D eigenvalue weighted by molar-refractivity contribution is 0.240. The molecule has 0 fully saturated rings. The predicted molar refractivity (Wildman–Crippen MR) is 91.1 cm³/mol. The summed E-state index contributed by atoms with van der Waals surface area (Å²) in [5, 5.41) is 5.69. The van der Waals surface area contributed by atoms with Crippen LogP contribution in [-0.4, -0.2) is 19.7 Å². The number of carbonyl (C=O) groups is 1. The summed E-state index contributed by atoms with van der Waals surface area (Å²) in [6, 6.07) is 15.5. The lowest BCUT2D eigenvalue weighted by Gasteiger charge is -2.10. The summed E-state index contributed by atoms with van der Waals surface area (Å²) in [6.45, 7) is 1.07. The average Bonchev–Trinajstić information content (AvgIpc) is 2.55. The highest BCUT2D eigenvalue weighted by atomic mass is 79.9. The fraction of sp³-hybridized carbons (Fsp3) is 0.235. The number of ether oxygens (including phenoxy) is 1. The largest absolute Gasteiger partial charge is 0.496 e. The smallest absolute Gasteiger partial charge is 0.315 e. The molecule has 2 aromatic carbocycles. The molecule has 0 aliphatic rings. The van der Waals surface area contributed by atoms with Crippen LogP contribution in [0.5, 0.6) is 5.75 Å². The minimum absolute atomic E-state index is 0.169. The first-order valence-electron chi connectivity index (χ1n) is 7.07. The molecule has 0 atom stereocenters. The van der Waals surface area contributed by atoms with Crippen molar-refractivity contribution in [2.75, 3.05) is 13.7 Å². The third kappa shape index (κ3) is 5.07. The Bertz CT molecular complexity index is 614. The zero-order valence-corrected chi connectivity index (χ0v) is 14.0. The summed E-state index contributed by atoms with van der Waals surface area (Å²) in [5.41, 5.74) is 2.14. The van der Waals surface area contributed by atoms with Crippen LogP contribution in [0.1, 0.15) is 11.1 Å². The summed E-state index contributed by atoms with van der Waals surface area (Å²) in [7, 11) is 1.65. The standard InChI is InChI=1S/C17H19BrN2O2/c1-22-16-5-3-2-4-14(16)10-11-19-17(21)20-12-13-6-8-15(18)9-7-13/h2-9H,10-12H2,1H3,(H2,19,20,21). The average molecular weight is 363 g/mol. The monoisotopic (exact) mass is 362 g/mol. The molecule has 2 N–H and O–H groups in total. The molecular formula is C17H19BrN2O2. The van der Waals surface area contributed by atoms with Crippen molar-refractivity contribution in [2.24, 2.45) is 0 Å². The summed E-state index contributed by atoms with van der Waals surface area (Å²) < 4.78 is 6.31. The first-order valence-corrected chi connectivity index (χ1v) is 7.86. The molecule has 0 bridgehead atoms. The van der Waals surface area contributed by atoms with Crippen LogP contribution >= 0.6 is 15.9 Å². The minimum atomic E-state index is -0.169. The summed E-state index contributed by atoms with van der Waals surface area (Å²) >= 11 is 3.38. The van der Waals surface area contributed by atoms with Gasteiger partial charge in [-0.15, -0.1) is 0 Å². The van der Waals surface area contributed by atoms with Crippen molar-refractivity contribution in [3.8, 4) is 5.75 Å². The molecular weight excluding hydrogens is 344 g/mol. The van der Waals surface area contributed by atoms with Gasteiger partial charge in [0.05, 0.1) is 7.11 Å². The third-order valence-corrected chi connectivity index (χ3v) is 3.77. The summed E-state index contributed by atoms with van der Waals surface area (Å²) in [5.74, 6) is 0.847. The normalized spacial score (nSPS) is 10.1.